The summed E-state index contributed by atoms with van der Waals surface area (Å²) in [5.41, 5.74) is 2.52. The van der Waals surface area contributed by atoms with Gasteiger partial charge in [-0.15, -0.1) is 0 Å². The van der Waals surface area contributed by atoms with E-state index in [0.29, 0.717) is 47.3 Å². The Bertz CT molecular complexity index is 1200. The molecule has 1 spiro atoms. The Morgan fingerprint density at radius 1 is 0.806 bits per heavy atom. The molecule has 2 heterocycles. The summed E-state index contributed by atoms with van der Waals surface area (Å²) in [6.45, 7) is 2.37. The van der Waals surface area contributed by atoms with Crippen LogP contribution < -0.4 is 18.9 Å². The maximum atomic E-state index is 12.6. The minimum atomic E-state index is -0.466. The SMILES string of the molecule is COc1ccc(OC(=O)c2ccc3c(c2)OCC32COc3cc(C(C)=O)ccc32)cc1. The van der Waals surface area contributed by atoms with Crippen molar-refractivity contribution in [3.8, 4) is 23.0 Å². The molecule has 0 amide bonds. The number of ether oxygens (including phenoxy) is 4. The van der Waals surface area contributed by atoms with Gasteiger partial charge in [0.25, 0.3) is 0 Å². The normalized spacial score (nSPS) is 18.0. The lowest BCUT2D eigenvalue weighted by Gasteiger charge is -2.20. The van der Waals surface area contributed by atoms with E-state index < -0.39 is 11.4 Å². The molecule has 6 heteroatoms. The van der Waals surface area contributed by atoms with E-state index in [9.17, 15) is 9.59 Å². The van der Waals surface area contributed by atoms with E-state index in [1.165, 1.54) is 6.92 Å². The lowest BCUT2D eigenvalue weighted by Crippen LogP contribution is -2.31. The van der Waals surface area contributed by atoms with Gasteiger partial charge in [0.05, 0.1) is 18.1 Å². The van der Waals surface area contributed by atoms with Gasteiger partial charge in [-0.05, 0) is 49.4 Å². The maximum absolute atomic E-state index is 12.6. The van der Waals surface area contributed by atoms with Gasteiger partial charge < -0.3 is 18.9 Å². The van der Waals surface area contributed by atoms with E-state index in [4.69, 9.17) is 18.9 Å². The highest BCUT2D eigenvalue weighted by Gasteiger charge is 2.48. The number of ketones is 1. The number of Topliss-reactive ketones (excluding diaryl/α,β-unsaturated/α-hetero) is 1. The van der Waals surface area contributed by atoms with Crippen LogP contribution in [0.3, 0.4) is 0 Å². The highest BCUT2D eigenvalue weighted by Crippen LogP contribution is 2.50. The zero-order valence-electron chi connectivity index (χ0n) is 17.1. The second kappa shape index (κ2) is 7.16. The Kier molecular flexibility index (Phi) is 4.43. The second-order valence-electron chi connectivity index (χ2n) is 7.70. The second-order valence-corrected chi connectivity index (χ2v) is 7.70. The average molecular weight is 416 g/mol. The number of methoxy groups -OCH3 is 1. The zero-order valence-corrected chi connectivity index (χ0v) is 17.1. The fourth-order valence-corrected chi connectivity index (χ4v) is 4.13. The van der Waals surface area contributed by atoms with Crippen LogP contribution in [0.2, 0.25) is 0 Å². The predicted octanol–water partition coefficient (Wildman–Crippen LogP) is 4.19. The molecular weight excluding hydrogens is 396 g/mol. The highest BCUT2D eigenvalue weighted by molar-refractivity contribution is 5.95. The first-order chi connectivity index (χ1) is 15.0. The Balaban J connectivity index is 1.42. The third-order valence-corrected chi connectivity index (χ3v) is 5.85. The average Bonchev–Trinajstić information content (AvgIpc) is 3.35. The molecule has 0 saturated carbocycles. The fraction of sp³-hybridized carbons (Fsp3) is 0.200. The van der Waals surface area contributed by atoms with Gasteiger partial charge in [0.15, 0.2) is 5.78 Å². The van der Waals surface area contributed by atoms with Crippen molar-refractivity contribution in [1.82, 2.24) is 0 Å². The molecule has 1 atom stereocenters. The van der Waals surface area contributed by atoms with E-state index >= 15 is 0 Å². The molecule has 2 aliphatic rings. The topological polar surface area (TPSA) is 71.1 Å². The van der Waals surface area contributed by atoms with E-state index in [0.717, 1.165) is 11.1 Å². The molecule has 0 radical (unpaired) electrons. The summed E-state index contributed by atoms with van der Waals surface area (Å²) < 4.78 is 22.5. The van der Waals surface area contributed by atoms with Crippen LogP contribution in [-0.4, -0.2) is 32.1 Å². The molecule has 0 bridgehead atoms. The van der Waals surface area contributed by atoms with Gasteiger partial charge in [-0.2, -0.15) is 0 Å². The molecule has 3 aromatic rings. The molecule has 0 fully saturated rings. The monoisotopic (exact) mass is 416 g/mol. The third-order valence-electron chi connectivity index (χ3n) is 5.85. The maximum Gasteiger partial charge on any atom is 0.343 e. The standard InChI is InChI=1S/C25H20O6/c1-15(26)16-3-9-20-22(11-16)29-13-25(20)14-30-23-12-17(4-10-21(23)25)24(27)31-19-7-5-18(28-2)6-8-19/h3-12H,13-14H2,1-2H3. The molecular formula is C25H20O6. The van der Waals surface area contributed by atoms with Crippen molar-refractivity contribution < 1.29 is 28.5 Å². The largest absolute Gasteiger partial charge is 0.497 e. The third kappa shape index (κ3) is 3.11. The van der Waals surface area contributed by atoms with Gasteiger partial charge >= 0.3 is 5.97 Å². The van der Waals surface area contributed by atoms with Crippen molar-refractivity contribution in [3.63, 3.8) is 0 Å². The van der Waals surface area contributed by atoms with Crippen LogP contribution in [0.5, 0.6) is 23.0 Å². The number of carbonyl (C=O) groups excluding carboxylic acids is 2. The van der Waals surface area contributed by atoms with Crippen LogP contribution in [0.1, 0.15) is 38.8 Å². The van der Waals surface area contributed by atoms with E-state index in [-0.39, 0.29) is 5.78 Å². The van der Waals surface area contributed by atoms with Crippen molar-refractivity contribution >= 4 is 11.8 Å². The molecule has 3 aromatic carbocycles. The molecule has 0 aliphatic carbocycles. The van der Waals surface area contributed by atoms with Crippen LogP contribution in [0.15, 0.2) is 60.7 Å². The molecule has 6 nitrogen and oxygen atoms in total. The Morgan fingerprint density at radius 3 is 1.94 bits per heavy atom. The van der Waals surface area contributed by atoms with Crippen molar-refractivity contribution in [1.29, 1.82) is 0 Å². The van der Waals surface area contributed by atoms with Crippen molar-refractivity contribution in [2.45, 2.75) is 12.3 Å². The van der Waals surface area contributed by atoms with Crippen LogP contribution in [0.25, 0.3) is 0 Å². The molecule has 5 rings (SSSR count). The highest BCUT2D eigenvalue weighted by atomic mass is 16.5. The van der Waals surface area contributed by atoms with Crippen molar-refractivity contribution in [3.05, 3.63) is 82.9 Å². The van der Waals surface area contributed by atoms with Gasteiger partial charge in [0.2, 0.25) is 0 Å². The first-order valence-electron chi connectivity index (χ1n) is 9.92. The van der Waals surface area contributed by atoms with Gasteiger partial charge in [0.1, 0.15) is 36.2 Å². The Morgan fingerprint density at radius 2 is 1.35 bits per heavy atom. The van der Waals surface area contributed by atoms with Gasteiger partial charge in [-0.1, -0.05) is 18.2 Å². The summed E-state index contributed by atoms with van der Waals surface area (Å²) in [6, 6.07) is 17.7. The lowest BCUT2D eigenvalue weighted by atomic mass is 9.77. The van der Waals surface area contributed by atoms with Gasteiger partial charge in [-0.25, -0.2) is 4.79 Å². The molecule has 0 aromatic heterocycles. The first-order valence-corrected chi connectivity index (χ1v) is 9.92. The quantitative estimate of drug-likeness (QED) is 0.361. The van der Waals surface area contributed by atoms with E-state index in [1.54, 1.807) is 49.6 Å². The molecule has 156 valence electrons. The van der Waals surface area contributed by atoms with Crippen LogP contribution in [0.4, 0.5) is 0 Å². The number of rotatable bonds is 4. The molecule has 0 N–H and O–H groups in total. The molecule has 31 heavy (non-hydrogen) atoms. The van der Waals surface area contributed by atoms with E-state index in [2.05, 4.69) is 0 Å². The van der Waals surface area contributed by atoms with Crippen LogP contribution >= 0.6 is 0 Å². The number of esters is 1. The molecule has 1 unspecified atom stereocenters. The summed E-state index contributed by atoms with van der Waals surface area (Å²) in [4.78, 5) is 24.3. The number of hydrogen-bond donors (Lipinski definition) is 0. The zero-order chi connectivity index (χ0) is 21.6. The van der Waals surface area contributed by atoms with Crippen molar-refractivity contribution in [2.24, 2.45) is 0 Å². The number of fused-ring (bicyclic) bond motifs is 4. The molecule has 2 aliphatic heterocycles. The van der Waals surface area contributed by atoms with Gasteiger partial charge in [0, 0.05) is 16.7 Å². The summed E-state index contributed by atoms with van der Waals surface area (Å²) in [5.74, 6) is 1.99. The summed E-state index contributed by atoms with van der Waals surface area (Å²) in [5, 5.41) is 0. The summed E-state index contributed by atoms with van der Waals surface area (Å²) in [6.07, 6.45) is 0. The minimum Gasteiger partial charge on any atom is -0.497 e. The number of carbonyl (C=O) groups is 2. The van der Waals surface area contributed by atoms with Crippen LogP contribution in [-0.2, 0) is 5.41 Å². The van der Waals surface area contributed by atoms with E-state index in [1.807, 2.05) is 18.2 Å². The predicted molar refractivity (Wildman–Crippen MR) is 113 cm³/mol. The minimum absolute atomic E-state index is 0.00423. The van der Waals surface area contributed by atoms with Crippen LogP contribution in [0, 0.1) is 0 Å². The summed E-state index contributed by atoms with van der Waals surface area (Å²) in [7, 11) is 1.58. The molecule has 0 saturated heterocycles. The summed E-state index contributed by atoms with van der Waals surface area (Å²) >= 11 is 0. The van der Waals surface area contributed by atoms with Gasteiger partial charge in [-0.3, -0.25) is 4.79 Å². The Labute approximate surface area is 179 Å². The number of benzene rings is 3. The number of hydrogen-bond acceptors (Lipinski definition) is 6. The van der Waals surface area contributed by atoms with Crippen molar-refractivity contribution in [2.75, 3.05) is 20.3 Å². The first kappa shape index (κ1) is 19.2. The smallest absolute Gasteiger partial charge is 0.343 e. The Hall–Kier alpha value is -3.80. The fourth-order valence-electron chi connectivity index (χ4n) is 4.13. The lowest BCUT2D eigenvalue weighted by molar-refractivity contribution is 0.0734.